The Morgan fingerprint density at radius 3 is 2.68 bits per heavy atom. The van der Waals surface area contributed by atoms with Crippen molar-refractivity contribution in [3.05, 3.63) is 46.2 Å². The number of ether oxygens (including phenoxy) is 1. The number of rotatable bonds is 3. The number of carbonyl (C=O) groups excluding carboxylic acids is 1. The quantitative estimate of drug-likeness (QED) is 0.836. The fourth-order valence-electron chi connectivity index (χ4n) is 1.95. The maximum Gasteiger partial charge on any atom is 0.357 e. The molecule has 22 heavy (non-hydrogen) atoms. The topological polar surface area (TPSA) is 118 Å². The Morgan fingerprint density at radius 1 is 1.45 bits per heavy atom. The van der Waals surface area contributed by atoms with Gasteiger partial charge in [0.25, 0.3) is 0 Å². The number of hydrogen-bond donors (Lipinski definition) is 2. The minimum absolute atomic E-state index is 0.0406. The molecule has 0 bridgehead atoms. The van der Waals surface area contributed by atoms with Gasteiger partial charge in [0.05, 0.1) is 28.9 Å². The van der Waals surface area contributed by atoms with Gasteiger partial charge in [0.15, 0.2) is 5.69 Å². The average Bonchev–Trinajstić information content (AvgIpc) is 2.83. The molecule has 0 spiro atoms. The van der Waals surface area contributed by atoms with E-state index in [9.17, 15) is 9.59 Å². The smallest absolute Gasteiger partial charge is 0.357 e. The molecule has 112 valence electrons. The molecule has 0 saturated carbocycles. The lowest BCUT2D eigenvalue weighted by atomic mass is 10.2. The van der Waals surface area contributed by atoms with Crippen molar-refractivity contribution in [2.45, 2.75) is 0 Å². The van der Waals surface area contributed by atoms with Gasteiger partial charge in [0, 0.05) is 11.9 Å². The minimum atomic E-state index is -1.22. The van der Waals surface area contributed by atoms with Crippen LogP contribution in [0.3, 0.4) is 0 Å². The summed E-state index contributed by atoms with van der Waals surface area (Å²) in [6.45, 7) is 0. The number of nitrogen functional groups attached to an aromatic ring is 1. The van der Waals surface area contributed by atoms with Gasteiger partial charge >= 0.3 is 11.9 Å². The van der Waals surface area contributed by atoms with Crippen molar-refractivity contribution >= 4 is 29.2 Å². The molecule has 0 aliphatic heterocycles. The third kappa shape index (κ3) is 2.47. The molecule has 0 aliphatic rings. The van der Waals surface area contributed by atoms with Crippen molar-refractivity contribution in [1.29, 1.82) is 5.26 Å². The van der Waals surface area contributed by atoms with Gasteiger partial charge in [-0.25, -0.2) is 9.59 Å². The third-order valence-electron chi connectivity index (χ3n) is 3.00. The summed E-state index contributed by atoms with van der Waals surface area (Å²) < 4.78 is 5.94. The van der Waals surface area contributed by atoms with Gasteiger partial charge in [-0.15, -0.1) is 0 Å². The van der Waals surface area contributed by atoms with Crippen LogP contribution in [-0.2, 0) is 4.74 Å². The number of methoxy groups -OCH3 is 1. The fraction of sp³-hybridized carbons (Fsp3) is 0.0714. The number of carboxylic acid groups (broad SMARTS) is 1. The van der Waals surface area contributed by atoms with E-state index in [-0.39, 0.29) is 27.5 Å². The van der Waals surface area contributed by atoms with E-state index < -0.39 is 11.9 Å². The summed E-state index contributed by atoms with van der Waals surface area (Å²) in [5.41, 5.74) is 5.92. The first-order chi connectivity index (χ1) is 10.4. The van der Waals surface area contributed by atoms with Gasteiger partial charge in [0.2, 0.25) is 0 Å². The predicted molar refractivity (Wildman–Crippen MR) is 78.2 cm³/mol. The molecule has 1 aromatic carbocycles. The second-order valence-electron chi connectivity index (χ2n) is 4.25. The third-order valence-corrected chi connectivity index (χ3v) is 3.33. The summed E-state index contributed by atoms with van der Waals surface area (Å²) in [4.78, 5) is 23.0. The van der Waals surface area contributed by atoms with Crippen molar-refractivity contribution in [3.63, 3.8) is 0 Å². The van der Waals surface area contributed by atoms with E-state index in [1.54, 1.807) is 0 Å². The van der Waals surface area contributed by atoms with Crippen LogP contribution in [0.5, 0.6) is 0 Å². The summed E-state index contributed by atoms with van der Waals surface area (Å²) in [6, 6.07) is 6.01. The molecule has 3 N–H and O–H groups in total. The molecule has 0 atom stereocenters. The van der Waals surface area contributed by atoms with E-state index in [1.165, 1.54) is 36.1 Å². The molecule has 0 fully saturated rings. The molecular formula is C14H10ClN3O4. The minimum Gasteiger partial charge on any atom is -0.478 e. The summed E-state index contributed by atoms with van der Waals surface area (Å²) in [5, 5.41) is 18.2. The Bertz CT molecular complexity index is 820. The zero-order valence-corrected chi connectivity index (χ0v) is 12.1. The molecule has 2 rings (SSSR count). The fourth-order valence-corrected chi connectivity index (χ4v) is 2.14. The summed E-state index contributed by atoms with van der Waals surface area (Å²) in [7, 11) is 1.18. The molecule has 0 radical (unpaired) electrons. The Hall–Kier alpha value is -2.98. The Balaban J connectivity index is 2.73. The highest BCUT2D eigenvalue weighted by Gasteiger charge is 2.22. The van der Waals surface area contributed by atoms with Gasteiger partial charge in [-0.1, -0.05) is 11.6 Å². The Kier molecular flexibility index (Phi) is 4.06. The number of benzene rings is 1. The summed E-state index contributed by atoms with van der Waals surface area (Å²) in [5.74, 6) is -1.96. The van der Waals surface area contributed by atoms with E-state index in [0.717, 1.165) is 0 Å². The van der Waals surface area contributed by atoms with Crippen LogP contribution in [0.1, 0.15) is 26.4 Å². The Morgan fingerprint density at radius 2 is 2.14 bits per heavy atom. The molecule has 0 aliphatic carbocycles. The number of aromatic carboxylic acids is 1. The number of anilines is 1. The van der Waals surface area contributed by atoms with E-state index in [2.05, 4.69) is 4.74 Å². The second kappa shape index (κ2) is 5.79. The number of halogens is 1. The number of esters is 1. The number of aromatic nitrogens is 1. The highest BCUT2D eigenvalue weighted by molar-refractivity contribution is 6.33. The van der Waals surface area contributed by atoms with Gasteiger partial charge in [0.1, 0.15) is 6.07 Å². The first-order valence-electron chi connectivity index (χ1n) is 5.93. The van der Waals surface area contributed by atoms with Gasteiger partial charge in [-0.05, 0) is 18.2 Å². The lowest BCUT2D eigenvalue weighted by molar-refractivity contribution is 0.0592. The maximum atomic E-state index is 11.9. The van der Waals surface area contributed by atoms with Gasteiger partial charge in [-0.2, -0.15) is 5.26 Å². The van der Waals surface area contributed by atoms with E-state index in [4.69, 9.17) is 27.7 Å². The zero-order chi connectivity index (χ0) is 16.4. The number of carboxylic acids is 1. The van der Waals surface area contributed by atoms with E-state index in [0.29, 0.717) is 5.69 Å². The predicted octanol–water partition coefficient (Wildman–Crippen LogP) is 2.07. The maximum absolute atomic E-state index is 11.9. The van der Waals surface area contributed by atoms with Crippen molar-refractivity contribution < 1.29 is 19.4 Å². The molecule has 0 unspecified atom stereocenters. The van der Waals surface area contributed by atoms with Crippen LogP contribution in [0.15, 0.2) is 24.4 Å². The van der Waals surface area contributed by atoms with Crippen molar-refractivity contribution in [1.82, 2.24) is 4.57 Å². The van der Waals surface area contributed by atoms with Crippen LogP contribution < -0.4 is 5.73 Å². The lowest BCUT2D eigenvalue weighted by Gasteiger charge is -2.10. The first-order valence-corrected chi connectivity index (χ1v) is 6.31. The first kappa shape index (κ1) is 15.4. The number of nitriles is 1. The summed E-state index contributed by atoms with van der Waals surface area (Å²) >= 11 is 5.81. The highest BCUT2D eigenvalue weighted by atomic mass is 35.5. The van der Waals surface area contributed by atoms with Gasteiger partial charge in [-0.3, -0.25) is 0 Å². The average molecular weight is 320 g/mol. The highest BCUT2D eigenvalue weighted by Crippen LogP contribution is 2.27. The normalized spacial score (nSPS) is 10.0. The van der Waals surface area contributed by atoms with Crippen molar-refractivity contribution in [2.75, 3.05) is 12.8 Å². The Labute approximate surface area is 130 Å². The summed E-state index contributed by atoms with van der Waals surface area (Å²) in [6.07, 6.45) is 1.33. The monoisotopic (exact) mass is 319 g/mol. The number of nitrogens with zero attached hydrogens (tertiary/aromatic N) is 2. The molecule has 7 nitrogen and oxygen atoms in total. The number of hydrogen-bond acceptors (Lipinski definition) is 5. The lowest BCUT2D eigenvalue weighted by Crippen LogP contribution is -2.11. The molecule has 1 aromatic heterocycles. The molecule has 0 amide bonds. The molecule has 8 heteroatoms. The standard InChI is InChI=1S/C14H10ClN3O4/c1-22-14(21)12-11(17)7(5-16)6-18(12)8-2-3-10(15)9(4-8)13(19)20/h2-4,6H,17H2,1H3,(H,19,20). The number of nitrogens with two attached hydrogens (primary N) is 1. The van der Waals surface area contributed by atoms with Gasteiger partial charge < -0.3 is 20.1 Å². The van der Waals surface area contributed by atoms with E-state index in [1.807, 2.05) is 6.07 Å². The molecular weight excluding hydrogens is 310 g/mol. The van der Waals surface area contributed by atoms with Crippen LogP contribution in [0.2, 0.25) is 5.02 Å². The second-order valence-corrected chi connectivity index (χ2v) is 4.65. The molecule has 0 saturated heterocycles. The SMILES string of the molecule is COC(=O)c1c(N)c(C#N)cn1-c1ccc(Cl)c(C(=O)O)c1. The van der Waals surface area contributed by atoms with Crippen LogP contribution in [-0.4, -0.2) is 28.7 Å². The molecule has 2 aromatic rings. The van der Waals surface area contributed by atoms with Crippen LogP contribution in [0.4, 0.5) is 5.69 Å². The van der Waals surface area contributed by atoms with Crippen LogP contribution in [0.25, 0.3) is 5.69 Å². The van der Waals surface area contributed by atoms with Crippen LogP contribution >= 0.6 is 11.6 Å². The van der Waals surface area contributed by atoms with Crippen molar-refractivity contribution in [3.8, 4) is 11.8 Å². The van der Waals surface area contributed by atoms with Crippen molar-refractivity contribution in [2.24, 2.45) is 0 Å². The largest absolute Gasteiger partial charge is 0.478 e. The zero-order valence-electron chi connectivity index (χ0n) is 11.3. The van der Waals surface area contributed by atoms with E-state index >= 15 is 0 Å². The number of carbonyl (C=O) groups is 2. The molecule has 1 heterocycles. The van der Waals surface area contributed by atoms with Crippen LogP contribution in [0, 0.1) is 11.3 Å².